The van der Waals surface area contributed by atoms with E-state index in [1.807, 2.05) is 13.8 Å². The van der Waals surface area contributed by atoms with E-state index in [4.69, 9.17) is 5.11 Å². The second-order valence-corrected chi connectivity index (χ2v) is 4.01. The van der Waals surface area contributed by atoms with Gasteiger partial charge in [-0.1, -0.05) is 6.08 Å². The maximum atomic E-state index is 11.8. The van der Waals surface area contributed by atoms with Gasteiger partial charge in [-0.25, -0.2) is 0 Å². The lowest BCUT2D eigenvalue weighted by molar-refractivity contribution is -0.138. The Labute approximate surface area is 96.9 Å². The van der Waals surface area contributed by atoms with Crippen LogP contribution in [0.15, 0.2) is 12.7 Å². The normalized spacial score (nSPS) is 10.2. The molecule has 1 amide bonds. The van der Waals surface area contributed by atoms with Gasteiger partial charge in [0.1, 0.15) is 0 Å². The average molecular weight is 227 g/mol. The molecule has 0 bridgehead atoms. The third-order valence-corrected chi connectivity index (χ3v) is 2.30. The Balaban J connectivity index is 4.10. The molecule has 4 heteroatoms. The topological polar surface area (TPSA) is 57.6 Å². The van der Waals surface area contributed by atoms with E-state index in [1.165, 1.54) is 0 Å². The lowest BCUT2D eigenvalue weighted by Gasteiger charge is -2.26. The first-order valence-electron chi connectivity index (χ1n) is 5.61. The van der Waals surface area contributed by atoms with Crippen molar-refractivity contribution >= 4 is 11.9 Å². The van der Waals surface area contributed by atoms with Gasteiger partial charge < -0.3 is 10.0 Å². The highest BCUT2D eigenvalue weighted by atomic mass is 16.4. The molecule has 0 aromatic heterocycles. The summed E-state index contributed by atoms with van der Waals surface area (Å²) in [6.45, 7) is 7.96. The Bertz CT molecular complexity index is 249. The number of hydrogen-bond acceptors (Lipinski definition) is 2. The van der Waals surface area contributed by atoms with Crippen molar-refractivity contribution in [3.05, 3.63) is 12.7 Å². The Morgan fingerprint density at radius 3 is 2.44 bits per heavy atom. The molecule has 0 aromatic carbocycles. The molecule has 0 saturated heterocycles. The van der Waals surface area contributed by atoms with E-state index in [9.17, 15) is 9.59 Å². The van der Waals surface area contributed by atoms with Crippen molar-refractivity contribution in [2.24, 2.45) is 0 Å². The van der Waals surface area contributed by atoms with Crippen molar-refractivity contribution in [2.45, 2.75) is 45.6 Å². The molecule has 92 valence electrons. The summed E-state index contributed by atoms with van der Waals surface area (Å²) in [6.07, 6.45) is 3.45. The summed E-state index contributed by atoms with van der Waals surface area (Å²) in [4.78, 5) is 23.9. The number of rotatable bonds is 8. The predicted molar refractivity (Wildman–Crippen MR) is 63.1 cm³/mol. The predicted octanol–water partition coefficient (Wildman–Crippen LogP) is 2.05. The Morgan fingerprint density at radius 1 is 1.38 bits per heavy atom. The summed E-state index contributed by atoms with van der Waals surface area (Å²) in [5.74, 6) is -0.748. The lowest BCUT2D eigenvalue weighted by Crippen LogP contribution is -2.37. The van der Waals surface area contributed by atoms with Gasteiger partial charge in [-0.15, -0.1) is 6.58 Å². The number of allylic oxidation sites excluding steroid dienone is 1. The summed E-state index contributed by atoms with van der Waals surface area (Å²) >= 11 is 0. The van der Waals surface area contributed by atoms with Crippen LogP contribution in [0.25, 0.3) is 0 Å². The van der Waals surface area contributed by atoms with Crippen molar-refractivity contribution in [1.29, 1.82) is 0 Å². The molecular formula is C12H21NO3. The van der Waals surface area contributed by atoms with E-state index >= 15 is 0 Å². The van der Waals surface area contributed by atoms with Crippen molar-refractivity contribution in [3.8, 4) is 0 Å². The second-order valence-electron chi connectivity index (χ2n) is 4.01. The number of carboxylic acid groups (broad SMARTS) is 1. The Morgan fingerprint density at radius 2 is 2.00 bits per heavy atom. The minimum atomic E-state index is -0.817. The maximum Gasteiger partial charge on any atom is 0.303 e. The highest BCUT2D eigenvalue weighted by molar-refractivity contribution is 5.76. The summed E-state index contributed by atoms with van der Waals surface area (Å²) in [5.41, 5.74) is 0. The van der Waals surface area contributed by atoms with Crippen LogP contribution < -0.4 is 0 Å². The number of hydrogen-bond donors (Lipinski definition) is 1. The van der Waals surface area contributed by atoms with Crippen LogP contribution in [-0.4, -0.2) is 34.5 Å². The molecule has 0 aliphatic rings. The lowest BCUT2D eigenvalue weighted by atomic mass is 10.2. The van der Waals surface area contributed by atoms with Gasteiger partial charge in [-0.3, -0.25) is 9.59 Å². The molecule has 0 rings (SSSR count). The van der Waals surface area contributed by atoms with Crippen molar-refractivity contribution in [2.75, 3.05) is 6.54 Å². The van der Waals surface area contributed by atoms with Crippen LogP contribution in [0.2, 0.25) is 0 Å². The van der Waals surface area contributed by atoms with Gasteiger partial charge in [0.2, 0.25) is 5.91 Å². The number of carboxylic acids is 1. The van der Waals surface area contributed by atoms with Crippen LogP contribution in [0.5, 0.6) is 0 Å². The number of amides is 1. The third-order valence-electron chi connectivity index (χ3n) is 2.30. The van der Waals surface area contributed by atoms with E-state index in [2.05, 4.69) is 6.58 Å². The van der Waals surface area contributed by atoms with E-state index in [-0.39, 0.29) is 18.4 Å². The first-order chi connectivity index (χ1) is 7.49. The third kappa shape index (κ3) is 6.22. The van der Waals surface area contributed by atoms with Crippen molar-refractivity contribution in [3.63, 3.8) is 0 Å². The fourth-order valence-electron chi connectivity index (χ4n) is 1.44. The zero-order chi connectivity index (χ0) is 12.6. The van der Waals surface area contributed by atoms with Gasteiger partial charge in [0, 0.05) is 25.4 Å². The molecule has 0 aliphatic carbocycles. The SMILES string of the molecule is C=CCCC(=O)N(CCCC(=O)O)C(C)C. The molecule has 0 spiro atoms. The fourth-order valence-corrected chi connectivity index (χ4v) is 1.44. The zero-order valence-corrected chi connectivity index (χ0v) is 10.1. The largest absolute Gasteiger partial charge is 0.481 e. The monoisotopic (exact) mass is 227 g/mol. The number of carbonyl (C=O) groups excluding carboxylic acids is 1. The standard InChI is InChI=1S/C12H21NO3/c1-4-5-7-11(14)13(10(2)3)9-6-8-12(15)16/h4,10H,1,5-9H2,2-3H3,(H,15,16). The van der Waals surface area contributed by atoms with Gasteiger partial charge >= 0.3 is 5.97 Å². The summed E-state index contributed by atoms with van der Waals surface area (Å²) < 4.78 is 0. The molecule has 0 unspecified atom stereocenters. The first kappa shape index (κ1) is 14.7. The molecule has 0 saturated carbocycles. The summed E-state index contributed by atoms with van der Waals surface area (Å²) in [7, 11) is 0. The molecule has 0 heterocycles. The molecule has 0 atom stereocenters. The van der Waals surface area contributed by atoms with Gasteiger partial charge in [0.25, 0.3) is 0 Å². The average Bonchev–Trinajstić information content (AvgIpc) is 2.20. The molecule has 0 aromatic rings. The number of nitrogens with zero attached hydrogens (tertiary/aromatic N) is 1. The van der Waals surface area contributed by atoms with Crippen molar-refractivity contribution in [1.82, 2.24) is 4.90 Å². The van der Waals surface area contributed by atoms with E-state index in [0.29, 0.717) is 25.8 Å². The molecule has 16 heavy (non-hydrogen) atoms. The van der Waals surface area contributed by atoms with Crippen LogP contribution in [0.4, 0.5) is 0 Å². The maximum absolute atomic E-state index is 11.8. The van der Waals surface area contributed by atoms with Crippen LogP contribution in [-0.2, 0) is 9.59 Å². The van der Waals surface area contributed by atoms with Crippen molar-refractivity contribution < 1.29 is 14.7 Å². The van der Waals surface area contributed by atoms with E-state index in [1.54, 1.807) is 11.0 Å². The Kier molecular flexibility index (Phi) is 7.25. The summed E-state index contributed by atoms with van der Waals surface area (Å²) in [6, 6.07) is 0.117. The van der Waals surface area contributed by atoms with Crippen LogP contribution in [0.3, 0.4) is 0 Å². The zero-order valence-electron chi connectivity index (χ0n) is 10.1. The Hall–Kier alpha value is -1.32. The highest BCUT2D eigenvalue weighted by Crippen LogP contribution is 2.06. The van der Waals surface area contributed by atoms with Gasteiger partial charge in [0.15, 0.2) is 0 Å². The van der Waals surface area contributed by atoms with Crippen LogP contribution in [0.1, 0.15) is 39.5 Å². The second kappa shape index (κ2) is 7.91. The van der Waals surface area contributed by atoms with Gasteiger partial charge in [-0.05, 0) is 26.7 Å². The van der Waals surface area contributed by atoms with Crippen LogP contribution >= 0.6 is 0 Å². The van der Waals surface area contributed by atoms with Gasteiger partial charge in [-0.2, -0.15) is 0 Å². The number of aliphatic carboxylic acids is 1. The molecule has 0 fully saturated rings. The smallest absolute Gasteiger partial charge is 0.303 e. The van der Waals surface area contributed by atoms with E-state index < -0.39 is 5.97 Å². The highest BCUT2D eigenvalue weighted by Gasteiger charge is 2.15. The fraction of sp³-hybridized carbons (Fsp3) is 0.667. The molecular weight excluding hydrogens is 206 g/mol. The van der Waals surface area contributed by atoms with Crippen LogP contribution in [0, 0.1) is 0 Å². The first-order valence-corrected chi connectivity index (χ1v) is 5.61. The minimum absolute atomic E-state index is 0.0697. The molecule has 0 aliphatic heterocycles. The molecule has 4 nitrogen and oxygen atoms in total. The minimum Gasteiger partial charge on any atom is -0.481 e. The molecule has 0 radical (unpaired) electrons. The number of carbonyl (C=O) groups is 2. The quantitative estimate of drug-likeness (QED) is 0.646. The van der Waals surface area contributed by atoms with Gasteiger partial charge in [0.05, 0.1) is 0 Å². The van der Waals surface area contributed by atoms with E-state index in [0.717, 1.165) is 0 Å². The summed E-state index contributed by atoms with van der Waals surface area (Å²) in [5, 5.41) is 8.53. The molecule has 1 N–H and O–H groups in total.